The highest BCUT2D eigenvalue weighted by Gasteiger charge is 2.06. The quantitative estimate of drug-likeness (QED) is 0.0371. The van der Waals surface area contributed by atoms with Crippen molar-refractivity contribution in [3.63, 3.8) is 0 Å². The monoisotopic (exact) mass is 646 g/mol. The molecule has 0 saturated heterocycles. The molecule has 0 N–H and O–H groups in total. The van der Waals surface area contributed by atoms with E-state index < -0.39 is 0 Å². The molecule has 0 rings (SSSR count). The zero-order chi connectivity index (χ0) is 27.6. The van der Waals surface area contributed by atoms with Gasteiger partial charge in [-0.3, -0.25) is 0 Å². The van der Waals surface area contributed by atoms with Crippen LogP contribution in [-0.2, 0) is 0 Å². The average Bonchev–Trinajstić information content (AvgIpc) is 2.93. The molecule has 1 atom stereocenters. The summed E-state index contributed by atoms with van der Waals surface area (Å²) in [7, 11) is 0. The molecular weight excluding hydrogens is 571 g/mol. The van der Waals surface area contributed by atoms with Crippen molar-refractivity contribution in [2.45, 2.75) is 226 Å². The zero-order valence-electron chi connectivity index (χ0n) is 27.0. The van der Waals surface area contributed by atoms with Gasteiger partial charge in [-0.2, -0.15) is 0 Å². The maximum absolute atomic E-state index is 2.65. The standard InChI is InChI=1S/C37H75I/c1-3-5-7-9-11-13-15-17-19-21-23-25-27-29-31-33-35-37(36-38)34-32-30-28-26-24-22-20-18-16-14-12-10-8-6-4-2/h37H,3-36H2,1-2H3. The van der Waals surface area contributed by atoms with Crippen molar-refractivity contribution < 1.29 is 0 Å². The molecule has 0 radical (unpaired) electrons. The van der Waals surface area contributed by atoms with Crippen LogP contribution in [0, 0.1) is 5.92 Å². The van der Waals surface area contributed by atoms with Gasteiger partial charge >= 0.3 is 0 Å². The summed E-state index contributed by atoms with van der Waals surface area (Å²) < 4.78 is 1.38. The summed E-state index contributed by atoms with van der Waals surface area (Å²) in [5.74, 6) is 1.00. The highest BCUT2D eigenvalue weighted by Crippen LogP contribution is 2.22. The van der Waals surface area contributed by atoms with E-state index in [4.69, 9.17) is 0 Å². The summed E-state index contributed by atoms with van der Waals surface area (Å²) >= 11 is 2.65. The molecule has 0 nitrogen and oxygen atoms in total. The van der Waals surface area contributed by atoms with Gasteiger partial charge in [-0.15, -0.1) is 0 Å². The largest absolute Gasteiger partial charge is 0.0861 e. The molecule has 0 bridgehead atoms. The molecule has 38 heavy (non-hydrogen) atoms. The van der Waals surface area contributed by atoms with Crippen LogP contribution in [0.15, 0.2) is 0 Å². The number of hydrogen-bond acceptors (Lipinski definition) is 0. The second-order valence-electron chi connectivity index (χ2n) is 12.9. The van der Waals surface area contributed by atoms with Gasteiger partial charge < -0.3 is 0 Å². The second-order valence-corrected chi connectivity index (χ2v) is 13.7. The zero-order valence-corrected chi connectivity index (χ0v) is 29.2. The Balaban J connectivity index is 3.25. The number of rotatable bonds is 34. The Morgan fingerprint density at radius 3 is 0.658 bits per heavy atom. The normalized spacial score (nSPS) is 12.4. The maximum atomic E-state index is 2.65. The third-order valence-corrected chi connectivity index (χ3v) is 10.1. The predicted octanol–water partition coefficient (Wildman–Crippen LogP) is 15.0. The number of hydrogen-bond donors (Lipinski definition) is 0. The van der Waals surface area contributed by atoms with Crippen LogP contribution in [-0.4, -0.2) is 4.43 Å². The van der Waals surface area contributed by atoms with Crippen molar-refractivity contribution in [1.29, 1.82) is 0 Å². The minimum absolute atomic E-state index is 1.00. The van der Waals surface area contributed by atoms with Gasteiger partial charge in [0.25, 0.3) is 0 Å². The average molecular weight is 647 g/mol. The third kappa shape index (κ3) is 32.9. The van der Waals surface area contributed by atoms with Crippen molar-refractivity contribution in [2.75, 3.05) is 4.43 Å². The SMILES string of the molecule is CCCCCCCCCCCCCCCCCCC(CI)CCCCCCCCCCCCCCCCC. The topological polar surface area (TPSA) is 0 Å². The molecule has 0 amide bonds. The summed E-state index contributed by atoms with van der Waals surface area (Å²) in [5, 5.41) is 0. The Morgan fingerprint density at radius 1 is 0.289 bits per heavy atom. The van der Waals surface area contributed by atoms with Crippen LogP contribution < -0.4 is 0 Å². The molecule has 0 aliphatic carbocycles. The van der Waals surface area contributed by atoms with Crippen LogP contribution in [0.1, 0.15) is 226 Å². The van der Waals surface area contributed by atoms with Crippen LogP contribution in [0.25, 0.3) is 0 Å². The van der Waals surface area contributed by atoms with E-state index in [1.54, 1.807) is 0 Å². The number of unbranched alkanes of at least 4 members (excludes halogenated alkanes) is 29. The van der Waals surface area contributed by atoms with Crippen molar-refractivity contribution in [1.82, 2.24) is 0 Å². The molecule has 0 spiro atoms. The van der Waals surface area contributed by atoms with Gasteiger partial charge in [-0.1, -0.05) is 235 Å². The fourth-order valence-electron chi connectivity index (χ4n) is 6.08. The van der Waals surface area contributed by atoms with Crippen LogP contribution in [0.5, 0.6) is 0 Å². The molecule has 0 heterocycles. The third-order valence-electron chi connectivity index (χ3n) is 8.90. The van der Waals surface area contributed by atoms with E-state index in [0.717, 1.165) is 5.92 Å². The number of halogens is 1. The minimum atomic E-state index is 1.00. The summed E-state index contributed by atoms with van der Waals surface area (Å²) in [6.07, 6.45) is 48.8. The lowest BCUT2D eigenvalue weighted by Crippen LogP contribution is -2.02. The van der Waals surface area contributed by atoms with Crippen molar-refractivity contribution in [3.8, 4) is 0 Å². The van der Waals surface area contributed by atoms with Crippen molar-refractivity contribution in [2.24, 2.45) is 5.92 Å². The molecule has 230 valence electrons. The van der Waals surface area contributed by atoms with E-state index in [2.05, 4.69) is 36.4 Å². The van der Waals surface area contributed by atoms with Gasteiger partial charge in [0.2, 0.25) is 0 Å². The van der Waals surface area contributed by atoms with Crippen LogP contribution in [0.3, 0.4) is 0 Å². The fourth-order valence-corrected chi connectivity index (χ4v) is 6.96. The Morgan fingerprint density at radius 2 is 0.474 bits per heavy atom. The van der Waals surface area contributed by atoms with E-state index in [9.17, 15) is 0 Å². The minimum Gasteiger partial charge on any atom is -0.0861 e. The van der Waals surface area contributed by atoms with Crippen molar-refractivity contribution >= 4 is 22.6 Å². The van der Waals surface area contributed by atoms with E-state index >= 15 is 0 Å². The lowest BCUT2D eigenvalue weighted by molar-refractivity contribution is 0.439. The first-order chi connectivity index (χ1) is 18.8. The molecule has 1 heteroatoms. The van der Waals surface area contributed by atoms with E-state index in [-0.39, 0.29) is 0 Å². The van der Waals surface area contributed by atoms with Crippen molar-refractivity contribution in [3.05, 3.63) is 0 Å². The molecule has 0 saturated carbocycles. The molecule has 0 fully saturated rings. The van der Waals surface area contributed by atoms with Crippen LogP contribution >= 0.6 is 22.6 Å². The Bertz CT molecular complexity index is 392. The first-order valence-corrected chi connectivity index (χ1v) is 19.9. The lowest BCUT2D eigenvalue weighted by Gasteiger charge is -2.13. The molecule has 0 aliphatic heterocycles. The van der Waals surface area contributed by atoms with Gasteiger partial charge in [-0.25, -0.2) is 0 Å². The molecule has 0 aromatic rings. The fraction of sp³-hybridized carbons (Fsp3) is 1.00. The van der Waals surface area contributed by atoms with Gasteiger partial charge in [-0.05, 0) is 18.8 Å². The Labute approximate surface area is 257 Å². The molecule has 0 aliphatic rings. The maximum Gasteiger partial charge on any atom is 0.00237 e. The van der Waals surface area contributed by atoms with Crippen LogP contribution in [0.4, 0.5) is 0 Å². The summed E-state index contributed by atoms with van der Waals surface area (Å²) in [4.78, 5) is 0. The summed E-state index contributed by atoms with van der Waals surface area (Å²) in [6.45, 7) is 4.62. The molecule has 0 aromatic heterocycles. The van der Waals surface area contributed by atoms with E-state index in [1.165, 1.54) is 216 Å². The van der Waals surface area contributed by atoms with Gasteiger partial charge in [0.1, 0.15) is 0 Å². The van der Waals surface area contributed by atoms with Gasteiger partial charge in [0.15, 0.2) is 0 Å². The molecule has 0 aromatic carbocycles. The Kier molecular flexibility index (Phi) is 36.4. The summed E-state index contributed by atoms with van der Waals surface area (Å²) in [5.41, 5.74) is 0. The molecular formula is C37H75I. The number of alkyl halides is 1. The smallest absolute Gasteiger partial charge is 0.00237 e. The van der Waals surface area contributed by atoms with E-state index in [0.29, 0.717) is 0 Å². The van der Waals surface area contributed by atoms with E-state index in [1.807, 2.05) is 0 Å². The second kappa shape index (κ2) is 35.8. The highest BCUT2D eigenvalue weighted by atomic mass is 127. The van der Waals surface area contributed by atoms with Gasteiger partial charge in [0, 0.05) is 4.43 Å². The first-order valence-electron chi connectivity index (χ1n) is 18.4. The Hall–Kier alpha value is 0.730. The van der Waals surface area contributed by atoms with Gasteiger partial charge in [0.05, 0.1) is 0 Å². The molecule has 1 unspecified atom stereocenters. The highest BCUT2D eigenvalue weighted by molar-refractivity contribution is 14.1. The van der Waals surface area contributed by atoms with Crippen LogP contribution in [0.2, 0.25) is 0 Å². The lowest BCUT2D eigenvalue weighted by atomic mass is 9.95. The predicted molar refractivity (Wildman–Crippen MR) is 186 cm³/mol. The summed E-state index contributed by atoms with van der Waals surface area (Å²) in [6, 6.07) is 0. The first kappa shape index (κ1) is 38.7.